The topological polar surface area (TPSA) is 68.0 Å². The predicted octanol–water partition coefficient (Wildman–Crippen LogP) is 3.48. The van der Waals surface area contributed by atoms with Gasteiger partial charge in [-0.2, -0.15) is 0 Å². The van der Waals surface area contributed by atoms with Gasteiger partial charge in [0.25, 0.3) is 0 Å². The Morgan fingerprint density at radius 1 is 1.04 bits per heavy atom. The lowest BCUT2D eigenvalue weighted by Gasteiger charge is -2.13. The number of hydrogen-bond donors (Lipinski definition) is 2. The van der Waals surface area contributed by atoms with Crippen LogP contribution < -0.4 is 15.4 Å². The van der Waals surface area contributed by atoms with Crippen molar-refractivity contribution in [2.45, 2.75) is 19.8 Å². The molecule has 0 fully saturated rings. The van der Waals surface area contributed by atoms with Crippen LogP contribution in [0.15, 0.2) is 58.1 Å². The van der Waals surface area contributed by atoms with Crippen molar-refractivity contribution in [3.05, 3.63) is 54.5 Å². The smallest absolute Gasteiger partial charge is 0.191 e. The Kier molecular flexibility index (Phi) is 13.2. The van der Waals surface area contributed by atoms with Crippen LogP contribution in [0.3, 0.4) is 0 Å². The molecule has 0 bridgehead atoms. The Balaban J connectivity index is 0.00000364. The molecule has 1 aromatic carbocycles. The van der Waals surface area contributed by atoms with Gasteiger partial charge in [0.05, 0.1) is 12.8 Å². The second-order valence-electron chi connectivity index (χ2n) is 5.63. The Bertz CT molecular complexity index is 606. The maximum absolute atomic E-state index is 5.70. The number of furan rings is 1. The fraction of sp³-hybridized carbons (Fsp3) is 0.450. The Morgan fingerprint density at radius 2 is 1.85 bits per heavy atom. The van der Waals surface area contributed by atoms with Gasteiger partial charge >= 0.3 is 0 Å². The minimum Gasteiger partial charge on any atom is -0.492 e. The fourth-order valence-corrected chi connectivity index (χ4v) is 2.29. The molecule has 0 spiro atoms. The van der Waals surface area contributed by atoms with Crippen LogP contribution in [-0.2, 0) is 11.2 Å². The van der Waals surface area contributed by atoms with Crippen LogP contribution in [0.5, 0.6) is 5.75 Å². The third-order valence-corrected chi connectivity index (χ3v) is 3.57. The second-order valence-corrected chi connectivity index (χ2v) is 5.63. The lowest BCUT2D eigenvalue weighted by Crippen LogP contribution is -2.40. The monoisotopic (exact) mass is 487 g/mol. The van der Waals surface area contributed by atoms with Crippen molar-refractivity contribution < 1.29 is 13.9 Å². The van der Waals surface area contributed by atoms with Crippen molar-refractivity contribution in [3.8, 4) is 5.75 Å². The highest BCUT2D eigenvalue weighted by molar-refractivity contribution is 14.0. The number of nitrogens with zero attached hydrogens (tertiary/aromatic N) is 1. The van der Waals surface area contributed by atoms with Crippen LogP contribution in [0.2, 0.25) is 0 Å². The third-order valence-electron chi connectivity index (χ3n) is 3.57. The summed E-state index contributed by atoms with van der Waals surface area (Å²) in [5, 5.41) is 6.63. The molecule has 0 aliphatic carbocycles. The van der Waals surface area contributed by atoms with E-state index in [4.69, 9.17) is 13.9 Å². The van der Waals surface area contributed by atoms with Gasteiger partial charge in [-0.05, 0) is 37.6 Å². The van der Waals surface area contributed by atoms with Crippen LogP contribution >= 0.6 is 24.0 Å². The summed E-state index contributed by atoms with van der Waals surface area (Å²) in [4.78, 5) is 4.59. The van der Waals surface area contributed by atoms with Crippen LogP contribution in [0.4, 0.5) is 0 Å². The fourth-order valence-electron chi connectivity index (χ4n) is 2.29. The van der Waals surface area contributed by atoms with E-state index in [0.29, 0.717) is 13.2 Å². The van der Waals surface area contributed by atoms with Gasteiger partial charge in [-0.25, -0.2) is 0 Å². The Morgan fingerprint density at radius 3 is 2.59 bits per heavy atom. The molecule has 0 saturated heterocycles. The zero-order valence-corrected chi connectivity index (χ0v) is 18.2. The van der Waals surface area contributed by atoms with Crippen molar-refractivity contribution >= 4 is 29.9 Å². The molecule has 0 unspecified atom stereocenters. The first-order valence-electron chi connectivity index (χ1n) is 9.18. The summed E-state index contributed by atoms with van der Waals surface area (Å²) in [6, 6.07) is 13.7. The molecule has 6 nitrogen and oxygen atoms in total. The average Bonchev–Trinajstić information content (AvgIpc) is 3.19. The van der Waals surface area contributed by atoms with E-state index < -0.39 is 0 Å². The number of benzene rings is 1. The number of rotatable bonds is 12. The Hall–Kier alpha value is -1.74. The lowest BCUT2D eigenvalue weighted by atomic mass is 10.3. The summed E-state index contributed by atoms with van der Waals surface area (Å²) in [6.07, 6.45) is 3.41. The lowest BCUT2D eigenvalue weighted by molar-refractivity contribution is 0.146. The van der Waals surface area contributed by atoms with Crippen molar-refractivity contribution in [1.82, 2.24) is 10.6 Å². The first-order valence-corrected chi connectivity index (χ1v) is 9.18. The van der Waals surface area contributed by atoms with Crippen LogP contribution in [0.1, 0.15) is 19.1 Å². The molecule has 150 valence electrons. The molecule has 7 heteroatoms. The number of guanidine groups is 1. The molecule has 0 radical (unpaired) electrons. The van der Waals surface area contributed by atoms with E-state index in [-0.39, 0.29) is 24.0 Å². The Labute approximate surface area is 178 Å². The average molecular weight is 487 g/mol. The SMILES string of the molecule is CCOCCCN=C(NCCOc1ccccc1)NCCc1ccco1.I. The number of ether oxygens (including phenoxy) is 2. The number of para-hydroxylation sites is 1. The van der Waals surface area contributed by atoms with Crippen molar-refractivity contribution in [1.29, 1.82) is 0 Å². The molecule has 2 rings (SSSR count). The summed E-state index contributed by atoms with van der Waals surface area (Å²) < 4.78 is 16.4. The molecular formula is C20H30IN3O3. The van der Waals surface area contributed by atoms with Gasteiger partial charge in [0.1, 0.15) is 18.1 Å². The van der Waals surface area contributed by atoms with Crippen LogP contribution in [0.25, 0.3) is 0 Å². The van der Waals surface area contributed by atoms with E-state index in [1.165, 1.54) is 0 Å². The zero-order chi connectivity index (χ0) is 18.3. The standard InChI is InChI=1S/C20H29N3O3.HI/c1-2-24-15-7-12-21-20(22-13-11-19-10-6-16-25-19)23-14-17-26-18-8-4-3-5-9-18;/h3-6,8-10,16H,2,7,11-15,17H2,1H3,(H2,21,22,23);1H. The number of hydrogen-bond acceptors (Lipinski definition) is 4. The minimum atomic E-state index is 0. The minimum absolute atomic E-state index is 0. The molecular weight excluding hydrogens is 457 g/mol. The van der Waals surface area contributed by atoms with Gasteiger partial charge in [0.15, 0.2) is 5.96 Å². The van der Waals surface area contributed by atoms with Crippen molar-refractivity contribution in [2.75, 3.05) is 39.5 Å². The summed E-state index contributed by atoms with van der Waals surface area (Å²) in [6.45, 7) is 6.19. The molecule has 0 saturated carbocycles. The van der Waals surface area contributed by atoms with Gasteiger partial charge in [0.2, 0.25) is 0 Å². The van der Waals surface area contributed by atoms with E-state index in [2.05, 4.69) is 15.6 Å². The van der Waals surface area contributed by atoms with E-state index in [0.717, 1.165) is 56.6 Å². The molecule has 0 aliphatic heterocycles. The third kappa shape index (κ3) is 10.9. The van der Waals surface area contributed by atoms with E-state index in [1.54, 1.807) is 6.26 Å². The molecule has 2 aromatic rings. The maximum Gasteiger partial charge on any atom is 0.191 e. The van der Waals surface area contributed by atoms with Crippen LogP contribution in [0, 0.1) is 0 Å². The first kappa shape index (κ1) is 23.3. The highest BCUT2D eigenvalue weighted by Gasteiger charge is 2.01. The molecule has 2 N–H and O–H groups in total. The molecule has 0 amide bonds. The first-order chi connectivity index (χ1) is 12.9. The number of halogens is 1. The second kappa shape index (κ2) is 15.3. The van der Waals surface area contributed by atoms with Crippen molar-refractivity contribution in [3.63, 3.8) is 0 Å². The van der Waals surface area contributed by atoms with Gasteiger partial charge in [-0.15, -0.1) is 24.0 Å². The quantitative estimate of drug-likeness (QED) is 0.208. The van der Waals surface area contributed by atoms with Gasteiger partial charge in [-0.1, -0.05) is 18.2 Å². The summed E-state index contributed by atoms with van der Waals surface area (Å²) in [5.74, 6) is 2.61. The predicted molar refractivity (Wildman–Crippen MR) is 119 cm³/mol. The zero-order valence-electron chi connectivity index (χ0n) is 15.9. The van der Waals surface area contributed by atoms with Gasteiger partial charge in [0, 0.05) is 32.7 Å². The van der Waals surface area contributed by atoms with Gasteiger partial charge < -0.3 is 24.5 Å². The number of aliphatic imine (C=N–C) groups is 1. The molecule has 27 heavy (non-hydrogen) atoms. The molecule has 1 aromatic heterocycles. The maximum atomic E-state index is 5.70. The van der Waals surface area contributed by atoms with E-state index in [9.17, 15) is 0 Å². The molecule has 0 atom stereocenters. The van der Waals surface area contributed by atoms with Crippen LogP contribution in [-0.4, -0.2) is 45.4 Å². The summed E-state index contributed by atoms with van der Waals surface area (Å²) >= 11 is 0. The largest absolute Gasteiger partial charge is 0.492 e. The highest BCUT2D eigenvalue weighted by Crippen LogP contribution is 2.07. The molecule has 1 heterocycles. The highest BCUT2D eigenvalue weighted by atomic mass is 127. The normalized spacial score (nSPS) is 10.9. The summed E-state index contributed by atoms with van der Waals surface area (Å²) in [5.41, 5.74) is 0. The van der Waals surface area contributed by atoms with E-state index in [1.807, 2.05) is 49.4 Å². The summed E-state index contributed by atoms with van der Waals surface area (Å²) in [7, 11) is 0. The van der Waals surface area contributed by atoms with Crippen molar-refractivity contribution in [2.24, 2.45) is 4.99 Å². The molecule has 0 aliphatic rings. The number of nitrogens with one attached hydrogen (secondary N) is 2. The van der Waals surface area contributed by atoms with Gasteiger partial charge in [-0.3, -0.25) is 4.99 Å². The van der Waals surface area contributed by atoms with E-state index >= 15 is 0 Å².